The molecule has 2 N–H and O–H groups in total. The van der Waals surface area contributed by atoms with Gasteiger partial charge in [0.2, 0.25) is 0 Å². The standard InChI is InChI=1S/C14H20BrNO3/c1-10(2)9-19-6-5-16-8-12-4-3-11(14(17)18)7-13(12)15/h3-4,7,10,16H,5-6,8-9H2,1-2H3,(H,17,18). The van der Waals surface area contributed by atoms with Crippen LogP contribution in [0.25, 0.3) is 0 Å². The van der Waals surface area contributed by atoms with Crippen molar-refractivity contribution in [2.45, 2.75) is 20.4 Å². The number of ether oxygens (including phenoxy) is 1. The van der Waals surface area contributed by atoms with Crippen molar-refractivity contribution < 1.29 is 14.6 Å². The van der Waals surface area contributed by atoms with E-state index in [1.54, 1.807) is 12.1 Å². The molecule has 0 spiro atoms. The summed E-state index contributed by atoms with van der Waals surface area (Å²) in [7, 11) is 0. The molecule has 5 heteroatoms. The summed E-state index contributed by atoms with van der Waals surface area (Å²) in [6, 6.07) is 5.05. The molecule has 19 heavy (non-hydrogen) atoms. The van der Waals surface area contributed by atoms with Crippen LogP contribution >= 0.6 is 15.9 Å². The number of hydrogen-bond acceptors (Lipinski definition) is 3. The SMILES string of the molecule is CC(C)COCCNCc1ccc(C(=O)O)cc1Br. The van der Waals surface area contributed by atoms with E-state index >= 15 is 0 Å². The predicted molar refractivity (Wildman–Crippen MR) is 78.5 cm³/mol. The van der Waals surface area contributed by atoms with Crippen molar-refractivity contribution in [2.24, 2.45) is 5.92 Å². The number of rotatable bonds is 8. The molecule has 0 heterocycles. The zero-order chi connectivity index (χ0) is 14.3. The zero-order valence-electron chi connectivity index (χ0n) is 11.3. The summed E-state index contributed by atoms with van der Waals surface area (Å²) in [6.07, 6.45) is 0. The normalized spacial score (nSPS) is 10.9. The molecular weight excluding hydrogens is 310 g/mol. The lowest BCUT2D eigenvalue weighted by Gasteiger charge is -2.09. The minimum atomic E-state index is -0.915. The van der Waals surface area contributed by atoms with Gasteiger partial charge in [-0.05, 0) is 23.6 Å². The molecule has 0 atom stereocenters. The highest BCUT2D eigenvalue weighted by atomic mass is 79.9. The first kappa shape index (κ1) is 16.1. The van der Waals surface area contributed by atoms with Crippen LogP contribution < -0.4 is 5.32 Å². The van der Waals surface area contributed by atoms with Crippen LogP contribution in [0, 0.1) is 5.92 Å². The van der Waals surface area contributed by atoms with Gasteiger partial charge in [-0.25, -0.2) is 4.79 Å². The van der Waals surface area contributed by atoms with Gasteiger partial charge < -0.3 is 15.2 Å². The van der Waals surface area contributed by atoms with Crippen LogP contribution in [0.15, 0.2) is 22.7 Å². The molecule has 0 bridgehead atoms. The Hall–Kier alpha value is -0.910. The Kier molecular flexibility index (Phi) is 7.05. The Morgan fingerprint density at radius 2 is 2.21 bits per heavy atom. The summed E-state index contributed by atoms with van der Waals surface area (Å²) in [6.45, 7) is 7.16. The second kappa shape index (κ2) is 8.30. The molecule has 0 aliphatic heterocycles. The first-order valence-electron chi connectivity index (χ1n) is 6.31. The molecule has 0 saturated heterocycles. The van der Waals surface area contributed by atoms with Gasteiger partial charge in [0.1, 0.15) is 0 Å². The second-order valence-electron chi connectivity index (χ2n) is 4.76. The van der Waals surface area contributed by atoms with E-state index in [9.17, 15) is 4.79 Å². The van der Waals surface area contributed by atoms with Gasteiger partial charge in [0.05, 0.1) is 12.2 Å². The average molecular weight is 330 g/mol. The summed E-state index contributed by atoms with van der Waals surface area (Å²) in [5, 5.41) is 12.1. The molecule has 106 valence electrons. The fourth-order valence-corrected chi connectivity index (χ4v) is 2.03. The van der Waals surface area contributed by atoms with Crippen molar-refractivity contribution in [1.82, 2.24) is 5.32 Å². The molecule has 0 aromatic heterocycles. The number of nitrogens with one attached hydrogen (secondary N) is 1. The lowest BCUT2D eigenvalue weighted by Crippen LogP contribution is -2.20. The maximum Gasteiger partial charge on any atom is 0.335 e. The van der Waals surface area contributed by atoms with Gasteiger partial charge in [-0.15, -0.1) is 0 Å². The van der Waals surface area contributed by atoms with Crippen molar-refractivity contribution in [3.8, 4) is 0 Å². The van der Waals surface area contributed by atoms with Gasteiger partial charge >= 0.3 is 5.97 Å². The van der Waals surface area contributed by atoms with E-state index in [2.05, 4.69) is 35.1 Å². The molecule has 0 amide bonds. The summed E-state index contributed by atoms with van der Waals surface area (Å²) in [5.41, 5.74) is 1.32. The first-order valence-corrected chi connectivity index (χ1v) is 7.10. The molecular formula is C14H20BrNO3. The third-order valence-electron chi connectivity index (χ3n) is 2.49. The number of hydrogen-bond donors (Lipinski definition) is 2. The molecule has 1 aromatic rings. The maximum absolute atomic E-state index is 10.8. The van der Waals surface area contributed by atoms with Gasteiger partial charge in [0.15, 0.2) is 0 Å². The Balaban J connectivity index is 2.32. The Morgan fingerprint density at radius 1 is 1.47 bits per heavy atom. The van der Waals surface area contributed by atoms with E-state index < -0.39 is 5.97 Å². The minimum absolute atomic E-state index is 0.288. The van der Waals surface area contributed by atoms with Crippen molar-refractivity contribution in [2.75, 3.05) is 19.8 Å². The van der Waals surface area contributed by atoms with Crippen LogP contribution in [0.3, 0.4) is 0 Å². The molecule has 4 nitrogen and oxygen atoms in total. The minimum Gasteiger partial charge on any atom is -0.478 e. The van der Waals surface area contributed by atoms with E-state index in [1.165, 1.54) is 0 Å². The summed E-state index contributed by atoms with van der Waals surface area (Å²) in [4.78, 5) is 10.8. The number of carbonyl (C=O) groups is 1. The van der Waals surface area contributed by atoms with Gasteiger partial charge in [-0.2, -0.15) is 0 Å². The third-order valence-corrected chi connectivity index (χ3v) is 3.23. The number of carboxylic acids is 1. The summed E-state index contributed by atoms with van der Waals surface area (Å²) >= 11 is 3.38. The van der Waals surface area contributed by atoms with Crippen LogP contribution in [-0.2, 0) is 11.3 Å². The van der Waals surface area contributed by atoms with Crippen LogP contribution in [0.4, 0.5) is 0 Å². The predicted octanol–water partition coefficient (Wildman–Crippen LogP) is 2.91. The largest absolute Gasteiger partial charge is 0.478 e. The lowest BCUT2D eigenvalue weighted by atomic mass is 10.1. The number of aromatic carboxylic acids is 1. The molecule has 0 aliphatic carbocycles. The number of carboxylic acid groups (broad SMARTS) is 1. The number of benzene rings is 1. The molecule has 1 aromatic carbocycles. The van der Waals surface area contributed by atoms with Crippen molar-refractivity contribution in [3.05, 3.63) is 33.8 Å². The Bertz CT molecular complexity index is 421. The Morgan fingerprint density at radius 3 is 2.79 bits per heavy atom. The van der Waals surface area contributed by atoms with Gasteiger partial charge in [-0.1, -0.05) is 35.8 Å². The van der Waals surface area contributed by atoms with Gasteiger partial charge in [-0.3, -0.25) is 0 Å². The fourth-order valence-electron chi connectivity index (χ4n) is 1.51. The van der Waals surface area contributed by atoms with E-state index in [4.69, 9.17) is 9.84 Å². The third kappa shape index (κ3) is 6.18. The maximum atomic E-state index is 10.8. The van der Waals surface area contributed by atoms with E-state index in [-0.39, 0.29) is 5.56 Å². The molecule has 0 fully saturated rings. The monoisotopic (exact) mass is 329 g/mol. The van der Waals surface area contributed by atoms with Crippen molar-refractivity contribution in [1.29, 1.82) is 0 Å². The van der Waals surface area contributed by atoms with Gasteiger partial charge in [0, 0.05) is 24.2 Å². The first-order chi connectivity index (χ1) is 9.00. The zero-order valence-corrected chi connectivity index (χ0v) is 12.9. The topological polar surface area (TPSA) is 58.6 Å². The Labute approximate surface area is 122 Å². The van der Waals surface area contributed by atoms with E-state index in [1.807, 2.05) is 6.07 Å². The smallest absolute Gasteiger partial charge is 0.335 e. The van der Waals surface area contributed by atoms with Crippen molar-refractivity contribution >= 4 is 21.9 Å². The highest BCUT2D eigenvalue weighted by molar-refractivity contribution is 9.10. The van der Waals surface area contributed by atoms with E-state index in [0.717, 1.165) is 23.2 Å². The van der Waals surface area contributed by atoms with Crippen molar-refractivity contribution in [3.63, 3.8) is 0 Å². The molecule has 1 rings (SSSR count). The molecule has 0 aliphatic rings. The summed E-state index contributed by atoms with van der Waals surface area (Å²) < 4.78 is 6.27. The molecule has 0 unspecified atom stereocenters. The lowest BCUT2D eigenvalue weighted by molar-refractivity contribution is 0.0697. The highest BCUT2D eigenvalue weighted by Crippen LogP contribution is 2.18. The van der Waals surface area contributed by atoms with Crippen LogP contribution in [0.1, 0.15) is 29.8 Å². The number of halogens is 1. The fraction of sp³-hybridized carbons (Fsp3) is 0.500. The quantitative estimate of drug-likeness (QED) is 0.720. The van der Waals surface area contributed by atoms with Crippen LogP contribution in [-0.4, -0.2) is 30.8 Å². The summed E-state index contributed by atoms with van der Waals surface area (Å²) in [5.74, 6) is -0.361. The molecule has 0 radical (unpaired) electrons. The average Bonchev–Trinajstić information content (AvgIpc) is 2.34. The van der Waals surface area contributed by atoms with Crippen LogP contribution in [0.5, 0.6) is 0 Å². The second-order valence-corrected chi connectivity index (χ2v) is 5.61. The van der Waals surface area contributed by atoms with E-state index in [0.29, 0.717) is 19.1 Å². The highest BCUT2D eigenvalue weighted by Gasteiger charge is 2.06. The van der Waals surface area contributed by atoms with Crippen LogP contribution in [0.2, 0.25) is 0 Å². The van der Waals surface area contributed by atoms with Gasteiger partial charge in [0.25, 0.3) is 0 Å². The molecule has 0 saturated carbocycles.